The summed E-state index contributed by atoms with van der Waals surface area (Å²) in [5.74, 6) is 0.866. The fourth-order valence-corrected chi connectivity index (χ4v) is 5.47. The summed E-state index contributed by atoms with van der Waals surface area (Å²) in [6.07, 6.45) is 2.94. The largest absolute Gasteiger partial charge is 0.378 e. The van der Waals surface area contributed by atoms with E-state index in [2.05, 4.69) is 16.8 Å². The number of piperidine rings is 1. The molecule has 4 rings (SSSR count). The molecule has 0 spiro atoms. The van der Waals surface area contributed by atoms with Crippen LogP contribution in [0.4, 0.5) is 5.69 Å². The zero-order valence-corrected chi connectivity index (χ0v) is 18.0. The van der Waals surface area contributed by atoms with Crippen molar-refractivity contribution in [3.05, 3.63) is 53.3 Å². The number of nitrogens with zero attached hydrogens (tertiary/aromatic N) is 3. The van der Waals surface area contributed by atoms with E-state index in [-0.39, 0.29) is 0 Å². The van der Waals surface area contributed by atoms with E-state index in [1.807, 2.05) is 30.3 Å². The van der Waals surface area contributed by atoms with Crippen LogP contribution < -0.4 is 5.32 Å². The van der Waals surface area contributed by atoms with Crippen LogP contribution in [0.15, 0.2) is 47.4 Å². The number of sulfonamides is 1. The van der Waals surface area contributed by atoms with Gasteiger partial charge in [-0.15, -0.1) is 0 Å². The number of imidazole rings is 1. The van der Waals surface area contributed by atoms with Crippen molar-refractivity contribution in [1.82, 2.24) is 13.9 Å². The Morgan fingerprint density at radius 1 is 1.07 bits per heavy atom. The molecule has 3 aromatic rings. The van der Waals surface area contributed by atoms with Gasteiger partial charge in [-0.05, 0) is 62.2 Å². The van der Waals surface area contributed by atoms with Gasteiger partial charge in [0.05, 0.1) is 22.5 Å². The van der Waals surface area contributed by atoms with E-state index in [4.69, 9.17) is 16.6 Å². The fraction of sp³-hybridized carbons (Fsp3) is 0.381. The minimum atomic E-state index is -3.47. The molecule has 2 aromatic carbocycles. The maximum atomic E-state index is 13.0. The van der Waals surface area contributed by atoms with Crippen molar-refractivity contribution in [3.63, 3.8) is 0 Å². The van der Waals surface area contributed by atoms with E-state index >= 15 is 0 Å². The van der Waals surface area contributed by atoms with Crippen LogP contribution in [-0.2, 0) is 23.1 Å². The lowest BCUT2D eigenvalue weighted by Gasteiger charge is -2.25. The highest BCUT2D eigenvalue weighted by Crippen LogP contribution is 2.25. The van der Waals surface area contributed by atoms with Gasteiger partial charge in [0, 0.05) is 30.3 Å². The zero-order valence-electron chi connectivity index (χ0n) is 16.4. The van der Waals surface area contributed by atoms with Crippen LogP contribution in [0.2, 0.25) is 5.02 Å². The van der Waals surface area contributed by atoms with E-state index in [0.717, 1.165) is 42.8 Å². The Morgan fingerprint density at radius 3 is 2.48 bits per heavy atom. The number of aryl methyl sites for hydroxylation is 1. The first kappa shape index (κ1) is 20.2. The molecule has 0 amide bonds. The van der Waals surface area contributed by atoms with Crippen molar-refractivity contribution in [2.45, 2.75) is 44.2 Å². The molecular formula is C21H25ClN4O2S. The maximum absolute atomic E-state index is 13.0. The molecule has 0 radical (unpaired) electrons. The molecule has 6 nitrogen and oxygen atoms in total. The number of fused-ring (bicyclic) bond motifs is 1. The van der Waals surface area contributed by atoms with Crippen LogP contribution >= 0.6 is 11.6 Å². The van der Waals surface area contributed by atoms with E-state index < -0.39 is 10.0 Å². The third-order valence-electron chi connectivity index (χ3n) is 5.36. The maximum Gasteiger partial charge on any atom is 0.243 e. The summed E-state index contributed by atoms with van der Waals surface area (Å²) in [7, 11) is -3.47. The minimum absolute atomic E-state index is 0.324. The average Bonchev–Trinajstić information content (AvgIpc) is 3.10. The molecule has 0 atom stereocenters. The second-order valence-electron chi connectivity index (χ2n) is 7.25. The van der Waals surface area contributed by atoms with Gasteiger partial charge in [0.25, 0.3) is 0 Å². The summed E-state index contributed by atoms with van der Waals surface area (Å²) >= 11 is 5.94. The van der Waals surface area contributed by atoms with Gasteiger partial charge in [0.1, 0.15) is 5.82 Å². The Kier molecular flexibility index (Phi) is 5.81. The second-order valence-corrected chi connectivity index (χ2v) is 9.62. The van der Waals surface area contributed by atoms with Crippen LogP contribution in [0.1, 0.15) is 32.0 Å². The number of aromatic nitrogens is 2. The number of anilines is 1. The Labute approximate surface area is 176 Å². The molecular weight excluding hydrogens is 408 g/mol. The minimum Gasteiger partial charge on any atom is -0.378 e. The molecule has 8 heteroatoms. The van der Waals surface area contributed by atoms with Gasteiger partial charge < -0.3 is 9.88 Å². The van der Waals surface area contributed by atoms with Crippen LogP contribution in [0.5, 0.6) is 0 Å². The Bertz CT molecular complexity index is 1100. The SMILES string of the molecule is CCn1c(CNc2ccc(Cl)cc2)nc2cc(S(=O)(=O)N3CCCCC3)ccc21. The summed E-state index contributed by atoms with van der Waals surface area (Å²) in [5.41, 5.74) is 2.60. The first-order valence-electron chi connectivity index (χ1n) is 9.98. The van der Waals surface area contributed by atoms with Crippen molar-refractivity contribution >= 4 is 38.3 Å². The summed E-state index contributed by atoms with van der Waals surface area (Å²) < 4.78 is 29.7. The Balaban J connectivity index is 1.62. The molecule has 0 bridgehead atoms. The van der Waals surface area contributed by atoms with Gasteiger partial charge in [0.2, 0.25) is 10.0 Å². The second kappa shape index (κ2) is 8.34. The number of nitrogens with one attached hydrogen (secondary N) is 1. The predicted molar refractivity (Wildman–Crippen MR) is 117 cm³/mol. The van der Waals surface area contributed by atoms with Crippen molar-refractivity contribution < 1.29 is 8.42 Å². The fourth-order valence-electron chi connectivity index (χ4n) is 3.81. The zero-order chi connectivity index (χ0) is 20.4. The number of hydrogen-bond donors (Lipinski definition) is 1. The highest BCUT2D eigenvalue weighted by Gasteiger charge is 2.26. The predicted octanol–water partition coefficient (Wildman–Crippen LogP) is 4.50. The molecule has 1 aromatic heterocycles. The molecule has 1 N–H and O–H groups in total. The number of rotatable bonds is 6. The van der Waals surface area contributed by atoms with E-state index in [1.165, 1.54) is 0 Å². The lowest BCUT2D eigenvalue weighted by atomic mass is 10.2. The first-order chi connectivity index (χ1) is 14.0. The van der Waals surface area contributed by atoms with Gasteiger partial charge in [0.15, 0.2) is 0 Å². The molecule has 0 saturated carbocycles. The molecule has 154 valence electrons. The summed E-state index contributed by atoms with van der Waals surface area (Å²) in [6.45, 7) is 4.55. The summed E-state index contributed by atoms with van der Waals surface area (Å²) in [6, 6.07) is 12.8. The summed E-state index contributed by atoms with van der Waals surface area (Å²) in [4.78, 5) is 5.05. The highest BCUT2D eigenvalue weighted by molar-refractivity contribution is 7.89. The lowest BCUT2D eigenvalue weighted by Crippen LogP contribution is -2.35. The van der Waals surface area contributed by atoms with Crippen LogP contribution in [0.25, 0.3) is 11.0 Å². The van der Waals surface area contributed by atoms with Crippen molar-refractivity contribution in [2.24, 2.45) is 0 Å². The van der Waals surface area contributed by atoms with Crippen molar-refractivity contribution in [3.8, 4) is 0 Å². The number of benzene rings is 2. The Hall–Kier alpha value is -2.09. The standard InChI is InChI=1S/C21H25ClN4O2S/c1-2-26-20-11-10-18(29(27,28)25-12-4-3-5-13-25)14-19(20)24-21(26)15-23-17-8-6-16(22)7-9-17/h6-11,14,23H,2-5,12-13,15H2,1H3. The molecule has 29 heavy (non-hydrogen) atoms. The monoisotopic (exact) mass is 432 g/mol. The molecule has 1 aliphatic heterocycles. The van der Waals surface area contributed by atoms with Crippen LogP contribution in [0.3, 0.4) is 0 Å². The lowest BCUT2D eigenvalue weighted by molar-refractivity contribution is 0.346. The Morgan fingerprint density at radius 2 is 1.79 bits per heavy atom. The van der Waals surface area contributed by atoms with Crippen LogP contribution in [0, 0.1) is 0 Å². The van der Waals surface area contributed by atoms with Gasteiger partial charge in [-0.2, -0.15) is 4.31 Å². The van der Waals surface area contributed by atoms with Gasteiger partial charge in [-0.3, -0.25) is 0 Å². The molecule has 0 unspecified atom stereocenters. The smallest absolute Gasteiger partial charge is 0.243 e. The van der Waals surface area contributed by atoms with E-state index in [0.29, 0.717) is 35.1 Å². The average molecular weight is 433 g/mol. The van der Waals surface area contributed by atoms with E-state index in [9.17, 15) is 8.42 Å². The molecule has 2 heterocycles. The summed E-state index contributed by atoms with van der Waals surface area (Å²) in [5, 5.41) is 4.05. The third kappa shape index (κ3) is 4.13. The van der Waals surface area contributed by atoms with Crippen LogP contribution in [-0.4, -0.2) is 35.4 Å². The third-order valence-corrected chi connectivity index (χ3v) is 7.51. The molecule has 1 aliphatic rings. The number of halogens is 1. The molecule has 0 aliphatic carbocycles. The van der Waals surface area contributed by atoms with Gasteiger partial charge >= 0.3 is 0 Å². The van der Waals surface area contributed by atoms with Crippen molar-refractivity contribution in [1.29, 1.82) is 0 Å². The molecule has 1 saturated heterocycles. The first-order valence-corrected chi connectivity index (χ1v) is 11.8. The quantitative estimate of drug-likeness (QED) is 0.622. The highest BCUT2D eigenvalue weighted by atomic mass is 35.5. The van der Waals surface area contributed by atoms with Crippen molar-refractivity contribution in [2.75, 3.05) is 18.4 Å². The number of hydrogen-bond acceptors (Lipinski definition) is 4. The van der Waals surface area contributed by atoms with Gasteiger partial charge in [-0.25, -0.2) is 13.4 Å². The normalized spacial score (nSPS) is 15.7. The van der Waals surface area contributed by atoms with E-state index in [1.54, 1.807) is 16.4 Å². The topological polar surface area (TPSA) is 67.2 Å². The van der Waals surface area contributed by atoms with Gasteiger partial charge in [-0.1, -0.05) is 18.0 Å². The molecule has 1 fully saturated rings.